The van der Waals surface area contributed by atoms with Gasteiger partial charge in [0.05, 0.1) is 6.20 Å². The normalized spacial score (nSPS) is 16.4. The average molecular weight is 458 g/mol. The number of anilines is 1. The SMILES string of the molecule is CCOCOc1cc(C)cc(C)c1-c1cnc(NC2CCCN(C(=O)OC(C)(C)C)C2)nn1. The number of nitrogens with one attached hydrogen (secondary N) is 1. The van der Waals surface area contributed by atoms with Crippen molar-refractivity contribution in [2.24, 2.45) is 0 Å². The van der Waals surface area contributed by atoms with Gasteiger partial charge in [-0.05, 0) is 71.6 Å². The molecule has 1 aromatic heterocycles. The Bertz CT molecular complexity index is 943. The number of ether oxygens (including phenoxy) is 3. The van der Waals surface area contributed by atoms with Crippen LogP contribution in [0.5, 0.6) is 5.75 Å². The second-order valence-corrected chi connectivity index (χ2v) is 9.29. The van der Waals surface area contributed by atoms with Crippen LogP contribution in [0.25, 0.3) is 11.3 Å². The average Bonchev–Trinajstić information content (AvgIpc) is 2.73. The van der Waals surface area contributed by atoms with E-state index in [1.807, 2.05) is 47.6 Å². The van der Waals surface area contributed by atoms with Crippen molar-refractivity contribution in [3.63, 3.8) is 0 Å². The first-order valence-corrected chi connectivity index (χ1v) is 11.4. The number of likely N-dealkylation sites (tertiary alicyclic amines) is 1. The molecule has 33 heavy (non-hydrogen) atoms. The van der Waals surface area contributed by atoms with E-state index in [2.05, 4.69) is 26.6 Å². The van der Waals surface area contributed by atoms with Crippen LogP contribution in [-0.4, -0.2) is 64.3 Å². The van der Waals surface area contributed by atoms with Crippen LogP contribution in [0.2, 0.25) is 0 Å². The lowest BCUT2D eigenvalue weighted by Gasteiger charge is -2.34. The molecule has 0 aliphatic carbocycles. The molecule has 1 unspecified atom stereocenters. The van der Waals surface area contributed by atoms with Crippen LogP contribution in [0.1, 0.15) is 51.7 Å². The van der Waals surface area contributed by atoms with Gasteiger partial charge in [0.2, 0.25) is 5.95 Å². The van der Waals surface area contributed by atoms with E-state index >= 15 is 0 Å². The molecule has 1 aromatic carbocycles. The van der Waals surface area contributed by atoms with Crippen molar-refractivity contribution in [1.29, 1.82) is 0 Å². The van der Waals surface area contributed by atoms with E-state index in [0.29, 0.717) is 37.1 Å². The number of amides is 1. The Morgan fingerprint density at radius 3 is 2.70 bits per heavy atom. The van der Waals surface area contributed by atoms with E-state index in [4.69, 9.17) is 14.2 Å². The summed E-state index contributed by atoms with van der Waals surface area (Å²) in [7, 11) is 0. The number of hydrogen-bond donors (Lipinski definition) is 1. The second-order valence-electron chi connectivity index (χ2n) is 9.29. The molecule has 0 saturated carbocycles. The summed E-state index contributed by atoms with van der Waals surface area (Å²) in [6.45, 7) is 13.5. The molecule has 0 spiro atoms. The van der Waals surface area contributed by atoms with Gasteiger partial charge in [-0.3, -0.25) is 0 Å². The summed E-state index contributed by atoms with van der Waals surface area (Å²) < 4.78 is 16.7. The summed E-state index contributed by atoms with van der Waals surface area (Å²) >= 11 is 0. The van der Waals surface area contributed by atoms with Crippen molar-refractivity contribution in [2.75, 3.05) is 31.8 Å². The lowest BCUT2D eigenvalue weighted by atomic mass is 10.0. The summed E-state index contributed by atoms with van der Waals surface area (Å²) in [6, 6.07) is 4.07. The molecule has 9 nitrogen and oxygen atoms in total. The first-order valence-electron chi connectivity index (χ1n) is 11.4. The van der Waals surface area contributed by atoms with Gasteiger partial charge in [-0.25, -0.2) is 9.78 Å². The molecular formula is C24H35N5O4. The number of benzene rings is 1. The number of aromatic nitrogens is 3. The number of carbonyl (C=O) groups excluding carboxylic acids is 1. The molecule has 9 heteroatoms. The third kappa shape index (κ3) is 7.02. The molecule has 2 aromatic rings. The predicted molar refractivity (Wildman–Crippen MR) is 126 cm³/mol. The van der Waals surface area contributed by atoms with Gasteiger partial charge in [0.25, 0.3) is 0 Å². The maximum Gasteiger partial charge on any atom is 0.410 e. The standard InChI is InChI=1S/C24H35N5O4/c1-7-31-15-32-20-12-16(2)11-17(3)21(20)19-13-25-22(28-27-19)26-18-9-8-10-29(14-18)23(30)33-24(4,5)6/h11-13,18H,7-10,14-15H2,1-6H3,(H,25,26,28). The fourth-order valence-electron chi connectivity index (χ4n) is 3.78. The monoisotopic (exact) mass is 457 g/mol. The smallest absolute Gasteiger partial charge is 0.410 e. The molecule has 1 aliphatic rings. The number of hydrogen-bond acceptors (Lipinski definition) is 8. The third-order valence-electron chi connectivity index (χ3n) is 5.17. The number of rotatable bonds is 7. The first-order chi connectivity index (χ1) is 15.7. The molecule has 1 fully saturated rings. The van der Waals surface area contributed by atoms with E-state index in [1.165, 1.54) is 0 Å². The van der Waals surface area contributed by atoms with Crippen molar-refractivity contribution in [2.45, 2.75) is 66.0 Å². The number of aryl methyl sites for hydroxylation is 2. The van der Waals surface area contributed by atoms with E-state index < -0.39 is 5.60 Å². The minimum atomic E-state index is -0.514. The molecule has 1 N–H and O–H groups in total. The molecule has 1 aliphatic heterocycles. The van der Waals surface area contributed by atoms with Gasteiger partial charge in [-0.15, -0.1) is 10.2 Å². The van der Waals surface area contributed by atoms with Crippen LogP contribution in [0.4, 0.5) is 10.7 Å². The molecule has 1 saturated heterocycles. The minimum absolute atomic E-state index is 0.0325. The summed E-state index contributed by atoms with van der Waals surface area (Å²) in [4.78, 5) is 18.6. The molecule has 2 heterocycles. The quantitative estimate of drug-likeness (QED) is 0.484. The summed E-state index contributed by atoms with van der Waals surface area (Å²) in [5.41, 5.74) is 3.08. The molecule has 0 bridgehead atoms. The highest BCUT2D eigenvalue weighted by Gasteiger charge is 2.28. The van der Waals surface area contributed by atoms with Crippen LogP contribution in [0, 0.1) is 13.8 Å². The molecular weight excluding hydrogens is 422 g/mol. The van der Waals surface area contributed by atoms with Crippen LogP contribution in [-0.2, 0) is 9.47 Å². The largest absolute Gasteiger partial charge is 0.467 e. The van der Waals surface area contributed by atoms with Gasteiger partial charge in [0.1, 0.15) is 17.0 Å². The summed E-state index contributed by atoms with van der Waals surface area (Å²) in [6.07, 6.45) is 3.19. The van der Waals surface area contributed by atoms with E-state index in [9.17, 15) is 4.79 Å². The Hall–Kier alpha value is -2.94. The van der Waals surface area contributed by atoms with Gasteiger partial charge in [-0.2, -0.15) is 0 Å². The van der Waals surface area contributed by atoms with Gasteiger partial charge in [0.15, 0.2) is 6.79 Å². The van der Waals surface area contributed by atoms with Crippen molar-refractivity contribution in [1.82, 2.24) is 20.1 Å². The fraction of sp³-hybridized carbons (Fsp3) is 0.583. The Kier molecular flexibility index (Phi) is 8.07. The molecule has 1 atom stereocenters. The molecule has 1 amide bonds. The zero-order valence-electron chi connectivity index (χ0n) is 20.5. The molecule has 3 rings (SSSR count). The van der Waals surface area contributed by atoms with Crippen molar-refractivity contribution in [3.05, 3.63) is 29.5 Å². The molecule has 0 radical (unpaired) electrons. The lowest BCUT2D eigenvalue weighted by Crippen LogP contribution is -2.47. The number of nitrogens with zero attached hydrogens (tertiary/aromatic N) is 4. The van der Waals surface area contributed by atoms with Gasteiger partial charge in [0, 0.05) is 31.3 Å². The van der Waals surface area contributed by atoms with Crippen LogP contribution in [0.3, 0.4) is 0 Å². The summed E-state index contributed by atoms with van der Waals surface area (Å²) in [5, 5.41) is 12.0. The van der Waals surface area contributed by atoms with E-state index in [-0.39, 0.29) is 18.9 Å². The topological polar surface area (TPSA) is 98.7 Å². The third-order valence-corrected chi connectivity index (χ3v) is 5.17. The fourth-order valence-corrected chi connectivity index (χ4v) is 3.78. The van der Waals surface area contributed by atoms with Crippen LogP contribution >= 0.6 is 0 Å². The number of piperidine rings is 1. The molecule has 180 valence electrons. The highest BCUT2D eigenvalue weighted by molar-refractivity contribution is 5.71. The van der Waals surface area contributed by atoms with Gasteiger partial charge >= 0.3 is 6.09 Å². The number of carbonyl (C=O) groups is 1. The van der Waals surface area contributed by atoms with Crippen molar-refractivity contribution >= 4 is 12.0 Å². The van der Waals surface area contributed by atoms with E-state index in [1.54, 1.807) is 11.1 Å². The Balaban J connectivity index is 1.69. The lowest BCUT2D eigenvalue weighted by molar-refractivity contribution is 0.0205. The highest BCUT2D eigenvalue weighted by atomic mass is 16.7. The van der Waals surface area contributed by atoms with E-state index in [0.717, 1.165) is 29.5 Å². The Labute approximate surface area is 195 Å². The van der Waals surface area contributed by atoms with Crippen LogP contribution < -0.4 is 10.1 Å². The predicted octanol–water partition coefficient (Wildman–Crippen LogP) is 4.34. The second kappa shape index (κ2) is 10.8. The maximum absolute atomic E-state index is 12.4. The highest BCUT2D eigenvalue weighted by Crippen LogP contribution is 2.33. The van der Waals surface area contributed by atoms with Crippen molar-refractivity contribution < 1.29 is 19.0 Å². The van der Waals surface area contributed by atoms with Gasteiger partial charge in [-0.1, -0.05) is 6.07 Å². The Morgan fingerprint density at radius 1 is 1.24 bits per heavy atom. The van der Waals surface area contributed by atoms with Crippen molar-refractivity contribution in [3.8, 4) is 17.0 Å². The van der Waals surface area contributed by atoms with Gasteiger partial charge < -0.3 is 24.4 Å². The van der Waals surface area contributed by atoms with Crippen LogP contribution in [0.15, 0.2) is 18.3 Å². The Morgan fingerprint density at radius 2 is 2.03 bits per heavy atom. The first kappa shape index (κ1) is 24.7. The zero-order valence-corrected chi connectivity index (χ0v) is 20.5. The maximum atomic E-state index is 12.4. The zero-order chi connectivity index (χ0) is 24.0. The minimum Gasteiger partial charge on any atom is -0.467 e. The summed E-state index contributed by atoms with van der Waals surface area (Å²) in [5.74, 6) is 1.12.